The maximum Gasteiger partial charge on any atom is 0.407 e. The van der Waals surface area contributed by atoms with Crippen molar-refractivity contribution in [3.8, 4) is 33.5 Å². The fraction of sp³-hybridized carbons (Fsp3) is 0.409. The number of rotatable bonds is 11. The lowest BCUT2D eigenvalue weighted by atomic mass is 9.99. The summed E-state index contributed by atoms with van der Waals surface area (Å²) in [5, 5.41) is 5.40. The molecule has 4 heterocycles. The number of carbonyl (C=O) groups is 4. The molecule has 14 nitrogen and oxygen atoms in total. The smallest absolute Gasteiger partial charge is 0.407 e. The zero-order valence-corrected chi connectivity index (χ0v) is 33.9. The van der Waals surface area contributed by atoms with Crippen LogP contribution in [0.3, 0.4) is 0 Å². The first kappa shape index (κ1) is 40.0. The van der Waals surface area contributed by atoms with Gasteiger partial charge in [-0.1, -0.05) is 82.3 Å². The Hall–Kier alpha value is -6.18. The van der Waals surface area contributed by atoms with E-state index in [9.17, 15) is 19.2 Å². The van der Waals surface area contributed by atoms with Crippen LogP contribution in [0.4, 0.5) is 9.59 Å². The first-order valence-electron chi connectivity index (χ1n) is 20.0. The molecule has 2 aliphatic heterocycles. The quantitative estimate of drug-likeness (QED) is 0.107. The second kappa shape index (κ2) is 17.1. The van der Waals surface area contributed by atoms with Crippen molar-refractivity contribution in [2.75, 3.05) is 27.3 Å². The molecule has 7 rings (SSSR count). The fourth-order valence-corrected chi connectivity index (χ4v) is 8.10. The van der Waals surface area contributed by atoms with Gasteiger partial charge in [0, 0.05) is 24.8 Å². The predicted molar refractivity (Wildman–Crippen MR) is 220 cm³/mol. The van der Waals surface area contributed by atoms with Gasteiger partial charge in [-0.25, -0.2) is 19.6 Å². The highest BCUT2D eigenvalue weighted by molar-refractivity contribution is 5.88. The van der Waals surface area contributed by atoms with Crippen molar-refractivity contribution in [1.82, 2.24) is 40.4 Å². The van der Waals surface area contributed by atoms with Gasteiger partial charge in [0.2, 0.25) is 11.8 Å². The Kier molecular flexibility index (Phi) is 11.8. The summed E-state index contributed by atoms with van der Waals surface area (Å²) in [5.41, 5.74) is 7.73. The number of fused-ring (bicyclic) bond motifs is 1. The predicted octanol–water partition coefficient (Wildman–Crippen LogP) is 7.38. The number of nitrogens with zero attached hydrogens (tertiary/aromatic N) is 4. The number of likely N-dealkylation sites (tertiary alicyclic amines) is 2. The number of aromatic nitrogens is 4. The number of ether oxygens (including phenoxy) is 2. The van der Waals surface area contributed by atoms with Crippen molar-refractivity contribution in [2.45, 2.75) is 77.5 Å². The van der Waals surface area contributed by atoms with Crippen LogP contribution < -0.4 is 10.6 Å². The van der Waals surface area contributed by atoms with E-state index in [4.69, 9.17) is 19.4 Å². The maximum absolute atomic E-state index is 13.6. The zero-order valence-electron chi connectivity index (χ0n) is 33.9. The summed E-state index contributed by atoms with van der Waals surface area (Å²) in [5.74, 6) is 0.984. The van der Waals surface area contributed by atoms with Crippen LogP contribution in [0, 0.1) is 11.8 Å². The van der Waals surface area contributed by atoms with E-state index in [-0.39, 0.29) is 35.7 Å². The van der Waals surface area contributed by atoms with Crippen LogP contribution >= 0.6 is 0 Å². The van der Waals surface area contributed by atoms with Gasteiger partial charge in [0.15, 0.2) is 0 Å². The monoisotopic (exact) mass is 788 g/mol. The largest absolute Gasteiger partial charge is 0.453 e. The Morgan fingerprint density at radius 1 is 0.655 bits per heavy atom. The zero-order chi connectivity index (χ0) is 41.1. The molecule has 0 radical (unpaired) electrons. The molecule has 304 valence electrons. The van der Waals surface area contributed by atoms with Crippen LogP contribution in [-0.2, 0) is 19.1 Å². The van der Waals surface area contributed by atoms with Gasteiger partial charge in [0.05, 0.1) is 43.0 Å². The Bertz CT molecular complexity index is 2260. The first-order valence-corrected chi connectivity index (χ1v) is 20.0. The number of methoxy groups -OCH3 is 2. The Morgan fingerprint density at radius 3 is 1.62 bits per heavy atom. The number of carbonyl (C=O) groups excluding carboxylic acids is 4. The van der Waals surface area contributed by atoms with Gasteiger partial charge in [-0.2, -0.15) is 0 Å². The molecule has 2 fully saturated rings. The lowest BCUT2D eigenvalue weighted by Crippen LogP contribution is -2.51. The molecule has 4 amide bonds. The Balaban J connectivity index is 1.02. The van der Waals surface area contributed by atoms with Gasteiger partial charge in [-0.05, 0) is 71.9 Å². The number of hydrogen-bond donors (Lipinski definition) is 4. The highest BCUT2D eigenvalue weighted by atomic mass is 16.5. The first-order chi connectivity index (χ1) is 27.9. The normalized spacial score (nSPS) is 17.8. The van der Waals surface area contributed by atoms with Crippen molar-refractivity contribution in [3.63, 3.8) is 0 Å². The molecule has 2 saturated heterocycles. The molecule has 0 aliphatic carbocycles. The molecule has 2 aliphatic rings. The van der Waals surface area contributed by atoms with Crippen LogP contribution in [0.25, 0.3) is 44.5 Å². The van der Waals surface area contributed by atoms with E-state index in [0.29, 0.717) is 13.1 Å². The van der Waals surface area contributed by atoms with Gasteiger partial charge < -0.3 is 39.9 Å². The van der Waals surface area contributed by atoms with E-state index in [2.05, 4.69) is 81.3 Å². The molecule has 0 bridgehead atoms. The SMILES string of the molecule is COC(=O)N[C@H](C(=O)N1CCC[C@H]1c1nc(-c2ccc(-c3ccc(-c4ccc5nc([C@@H]6CCCN6C(=O)[C@@H](NC(=O)OC)C(C)C)[nH]c5c4)cc3)cc2)c[nH]1)C(C)C. The number of benzene rings is 3. The second-order valence-corrected chi connectivity index (χ2v) is 15.8. The van der Waals surface area contributed by atoms with Crippen LogP contribution in [0.2, 0.25) is 0 Å². The minimum absolute atomic E-state index is 0.104. The van der Waals surface area contributed by atoms with E-state index < -0.39 is 24.3 Å². The van der Waals surface area contributed by atoms with Gasteiger partial charge in [0.1, 0.15) is 23.7 Å². The van der Waals surface area contributed by atoms with E-state index in [1.54, 1.807) is 0 Å². The molecular formula is C44H52N8O6. The van der Waals surface area contributed by atoms with E-state index >= 15 is 0 Å². The maximum atomic E-state index is 13.6. The third-order valence-corrected chi connectivity index (χ3v) is 11.3. The Labute approximate surface area is 338 Å². The number of hydrogen-bond acceptors (Lipinski definition) is 8. The minimum atomic E-state index is -0.689. The summed E-state index contributed by atoms with van der Waals surface area (Å²) in [4.78, 5) is 71.3. The number of amides is 4. The summed E-state index contributed by atoms with van der Waals surface area (Å²) in [6, 6.07) is 21.1. The molecule has 14 heteroatoms. The van der Waals surface area contributed by atoms with Crippen LogP contribution in [0.5, 0.6) is 0 Å². The number of nitrogens with one attached hydrogen (secondary N) is 4. The number of H-pyrrole nitrogens is 2. The summed E-state index contributed by atoms with van der Waals surface area (Å²) < 4.78 is 9.53. The van der Waals surface area contributed by atoms with Crippen LogP contribution in [0.15, 0.2) is 72.9 Å². The minimum Gasteiger partial charge on any atom is -0.453 e. The number of alkyl carbamates (subject to hydrolysis) is 2. The van der Waals surface area contributed by atoms with Crippen molar-refractivity contribution in [3.05, 3.63) is 84.6 Å². The highest BCUT2D eigenvalue weighted by Crippen LogP contribution is 2.35. The van der Waals surface area contributed by atoms with E-state index in [0.717, 1.165) is 81.9 Å². The molecule has 0 spiro atoms. The molecule has 4 atom stereocenters. The molecule has 5 aromatic rings. The molecular weight excluding hydrogens is 737 g/mol. The topological polar surface area (TPSA) is 175 Å². The third-order valence-electron chi connectivity index (χ3n) is 11.3. The standard InChI is InChI=1S/C44H52N8O6/c1-25(2)37(49-43(55)57-5)41(53)51-21-7-9-35(51)39-45-24-34(48-39)30-17-15-28(16-18-30)27-11-13-29(14-12-27)31-19-20-32-33(23-31)47-40(46-32)36-10-8-22-52(36)42(54)38(26(3)4)50-44(56)58-6/h11-20,23-26,35-38H,7-10,21-22H2,1-6H3,(H,45,48)(H,46,47)(H,49,55)(H,50,56)/t35-,36-,37-,38-/m0/s1. The van der Waals surface area contributed by atoms with E-state index in [1.165, 1.54) is 14.2 Å². The van der Waals surface area contributed by atoms with Gasteiger partial charge in [0.25, 0.3) is 0 Å². The molecule has 0 saturated carbocycles. The number of imidazole rings is 2. The lowest BCUT2D eigenvalue weighted by molar-refractivity contribution is -0.136. The van der Waals surface area contributed by atoms with Gasteiger partial charge in [-0.15, -0.1) is 0 Å². The van der Waals surface area contributed by atoms with E-state index in [1.807, 2.05) is 49.8 Å². The molecule has 4 N–H and O–H groups in total. The van der Waals surface area contributed by atoms with Crippen molar-refractivity contribution >= 4 is 35.0 Å². The van der Waals surface area contributed by atoms with Crippen molar-refractivity contribution in [2.24, 2.45) is 11.8 Å². The second-order valence-electron chi connectivity index (χ2n) is 15.8. The molecule has 58 heavy (non-hydrogen) atoms. The summed E-state index contributed by atoms with van der Waals surface area (Å²) in [6.45, 7) is 8.81. The van der Waals surface area contributed by atoms with Crippen LogP contribution in [0.1, 0.15) is 77.1 Å². The lowest BCUT2D eigenvalue weighted by Gasteiger charge is -2.29. The van der Waals surface area contributed by atoms with Crippen molar-refractivity contribution < 1.29 is 28.7 Å². The Morgan fingerprint density at radius 2 is 1.12 bits per heavy atom. The number of aromatic amines is 2. The summed E-state index contributed by atoms with van der Waals surface area (Å²) in [6.07, 6.45) is 3.90. The molecule has 3 aromatic carbocycles. The average molecular weight is 789 g/mol. The summed E-state index contributed by atoms with van der Waals surface area (Å²) in [7, 11) is 2.58. The fourth-order valence-electron chi connectivity index (χ4n) is 8.10. The van der Waals surface area contributed by atoms with Crippen molar-refractivity contribution in [1.29, 1.82) is 0 Å². The van der Waals surface area contributed by atoms with Gasteiger partial charge >= 0.3 is 12.2 Å². The molecule has 0 unspecified atom stereocenters. The third kappa shape index (κ3) is 8.27. The molecule has 2 aromatic heterocycles. The highest BCUT2D eigenvalue weighted by Gasteiger charge is 2.39. The summed E-state index contributed by atoms with van der Waals surface area (Å²) >= 11 is 0. The van der Waals surface area contributed by atoms with Gasteiger partial charge in [-0.3, -0.25) is 9.59 Å². The average Bonchev–Trinajstić information content (AvgIpc) is 4.07. The van der Waals surface area contributed by atoms with Crippen LogP contribution in [-0.4, -0.2) is 93.1 Å².